The van der Waals surface area contributed by atoms with E-state index in [4.69, 9.17) is 10.5 Å². The lowest BCUT2D eigenvalue weighted by molar-refractivity contribution is 0.415. The molecule has 0 saturated heterocycles. The van der Waals surface area contributed by atoms with Crippen molar-refractivity contribution >= 4 is 28.3 Å². The minimum absolute atomic E-state index is 0.198. The van der Waals surface area contributed by atoms with Gasteiger partial charge >= 0.3 is 0 Å². The summed E-state index contributed by atoms with van der Waals surface area (Å²) < 4.78 is 7.39. The van der Waals surface area contributed by atoms with Gasteiger partial charge in [-0.1, -0.05) is 19.9 Å². The van der Waals surface area contributed by atoms with Crippen LogP contribution < -0.4 is 10.5 Å². The Morgan fingerprint density at radius 2 is 2.10 bits per heavy atom. The van der Waals surface area contributed by atoms with Gasteiger partial charge in [0.1, 0.15) is 5.75 Å². The first kappa shape index (κ1) is 13.9. The third kappa shape index (κ3) is 2.38. The van der Waals surface area contributed by atoms with E-state index in [-0.39, 0.29) is 6.04 Å². The second-order valence-electron chi connectivity index (χ2n) is 5.40. The van der Waals surface area contributed by atoms with Crippen LogP contribution in [-0.2, 0) is 0 Å². The van der Waals surface area contributed by atoms with Crippen molar-refractivity contribution in [1.82, 2.24) is 9.55 Å². The Labute approximate surface area is 128 Å². The van der Waals surface area contributed by atoms with Gasteiger partial charge < -0.3 is 15.0 Å². The first-order valence-corrected chi connectivity index (χ1v) is 7.84. The zero-order chi connectivity index (χ0) is 15.0. The third-order valence-electron chi connectivity index (χ3n) is 3.67. The molecular weight excluding hydrogens is 282 g/mol. The number of nitrogens with zero attached hydrogens (tertiary/aromatic N) is 2. The predicted molar refractivity (Wildman–Crippen MR) is 88.0 cm³/mol. The van der Waals surface area contributed by atoms with Crippen LogP contribution in [0.25, 0.3) is 11.0 Å². The summed E-state index contributed by atoms with van der Waals surface area (Å²) in [5.41, 5.74) is 8.12. The van der Waals surface area contributed by atoms with Crippen LogP contribution in [0, 0.1) is 5.92 Å². The molecule has 1 atom stereocenters. The van der Waals surface area contributed by atoms with Gasteiger partial charge in [0.15, 0.2) is 0 Å². The fourth-order valence-corrected chi connectivity index (χ4v) is 3.72. The highest BCUT2D eigenvalue weighted by Crippen LogP contribution is 2.35. The lowest BCUT2D eigenvalue weighted by Crippen LogP contribution is -2.17. The number of nitrogen functional groups attached to an aromatic ring is 1. The molecule has 0 aliphatic rings. The van der Waals surface area contributed by atoms with Gasteiger partial charge in [-0.05, 0) is 29.5 Å². The molecule has 1 unspecified atom stereocenters. The van der Waals surface area contributed by atoms with Gasteiger partial charge in [0.05, 0.1) is 24.2 Å². The van der Waals surface area contributed by atoms with Crippen LogP contribution in [0.4, 0.5) is 5.95 Å². The van der Waals surface area contributed by atoms with Crippen molar-refractivity contribution in [1.29, 1.82) is 0 Å². The van der Waals surface area contributed by atoms with E-state index in [1.54, 1.807) is 18.4 Å². The maximum absolute atomic E-state index is 6.21. The molecule has 0 amide bonds. The molecular formula is C16H19N3OS. The number of benzene rings is 1. The van der Waals surface area contributed by atoms with Crippen LogP contribution in [-0.4, -0.2) is 16.7 Å². The largest absolute Gasteiger partial charge is 0.497 e. The zero-order valence-electron chi connectivity index (χ0n) is 12.4. The number of hydrogen-bond acceptors (Lipinski definition) is 4. The molecule has 4 nitrogen and oxygen atoms in total. The number of anilines is 1. The highest BCUT2D eigenvalue weighted by molar-refractivity contribution is 7.10. The number of thiophene rings is 1. The quantitative estimate of drug-likeness (QED) is 0.794. The van der Waals surface area contributed by atoms with E-state index < -0.39 is 0 Å². The van der Waals surface area contributed by atoms with E-state index in [1.807, 2.05) is 18.2 Å². The summed E-state index contributed by atoms with van der Waals surface area (Å²) in [6.07, 6.45) is 0. The van der Waals surface area contributed by atoms with Crippen molar-refractivity contribution in [2.45, 2.75) is 19.9 Å². The molecule has 0 fully saturated rings. The number of fused-ring (bicyclic) bond motifs is 1. The van der Waals surface area contributed by atoms with Crippen molar-refractivity contribution < 1.29 is 4.74 Å². The van der Waals surface area contributed by atoms with Crippen molar-refractivity contribution in [2.75, 3.05) is 12.8 Å². The number of aromatic nitrogens is 2. The minimum atomic E-state index is 0.198. The number of methoxy groups -OCH3 is 1. The van der Waals surface area contributed by atoms with Crippen LogP contribution in [0.1, 0.15) is 24.8 Å². The Morgan fingerprint density at radius 1 is 1.29 bits per heavy atom. The molecule has 2 aromatic heterocycles. The summed E-state index contributed by atoms with van der Waals surface area (Å²) >= 11 is 1.75. The Hall–Kier alpha value is -2.01. The number of nitrogens with two attached hydrogens (primary N) is 1. The Morgan fingerprint density at radius 3 is 2.71 bits per heavy atom. The summed E-state index contributed by atoms with van der Waals surface area (Å²) in [7, 11) is 1.66. The monoisotopic (exact) mass is 301 g/mol. The predicted octanol–water partition coefficient (Wildman–Crippen LogP) is 3.93. The molecule has 3 aromatic rings. The maximum atomic E-state index is 6.21. The highest BCUT2D eigenvalue weighted by atomic mass is 32.1. The summed E-state index contributed by atoms with van der Waals surface area (Å²) in [6, 6.07) is 10.3. The Kier molecular flexibility index (Phi) is 3.59. The van der Waals surface area contributed by atoms with Crippen LogP contribution in [0.3, 0.4) is 0 Å². The van der Waals surface area contributed by atoms with Gasteiger partial charge in [-0.3, -0.25) is 0 Å². The Bertz CT molecular complexity index is 746. The summed E-state index contributed by atoms with van der Waals surface area (Å²) in [4.78, 5) is 5.80. The SMILES string of the molecule is COc1ccc2c(c1)nc(N)n2C(c1cccs1)C(C)C. The normalized spacial score (nSPS) is 13.0. The van der Waals surface area contributed by atoms with Crippen LogP contribution in [0.5, 0.6) is 5.75 Å². The molecule has 0 spiro atoms. The summed E-state index contributed by atoms with van der Waals surface area (Å²) in [6.45, 7) is 4.42. The summed E-state index contributed by atoms with van der Waals surface area (Å²) in [5, 5.41) is 2.10. The molecule has 110 valence electrons. The molecule has 0 saturated carbocycles. The van der Waals surface area contributed by atoms with Crippen LogP contribution >= 0.6 is 11.3 Å². The summed E-state index contributed by atoms with van der Waals surface area (Å²) in [5.74, 6) is 1.76. The highest BCUT2D eigenvalue weighted by Gasteiger charge is 2.23. The lowest BCUT2D eigenvalue weighted by Gasteiger charge is -2.23. The van der Waals surface area contributed by atoms with Crippen molar-refractivity contribution in [3.63, 3.8) is 0 Å². The van der Waals surface area contributed by atoms with E-state index in [0.29, 0.717) is 11.9 Å². The van der Waals surface area contributed by atoms with E-state index in [2.05, 4.69) is 40.9 Å². The zero-order valence-corrected chi connectivity index (χ0v) is 13.2. The fraction of sp³-hybridized carbons (Fsp3) is 0.312. The molecule has 1 aromatic carbocycles. The van der Waals surface area contributed by atoms with Gasteiger partial charge in [0.25, 0.3) is 0 Å². The number of imidazole rings is 1. The number of rotatable bonds is 4. The van der Waals surface area contributed by atoms with Crippen LogP contribution in [0.2, 0.25) is 0 Å². The molecule has 2 N–H and O–H groups in total. The first-order chi connectivity index (χ1) is 10.1. The van der Waals surface area contributed by atoms with Gasteiger partial charge in [-0.25, -0.2) is 4.98 Å². The van der Waals surface area contributed by atoms with Crippen molar-refractivity contribution in [3.05, 3.63) is 40.6 Å². The van der Waals surface area contributed by atoms with Crippen LogP contribution in [0.15, 0.2) is 35.7 Å². The van der Waals surface area contributed by atoms with Gasteiger partial charge in [0, 0.05) is 10.9 Å². The number of ether oxygens (including phenoxy) is 1. The molecule has 21 heavy (non-hydrogen) atoms. The topological polar surface area (TPSA) is 53.1 Å². The van der Waals surface area contributed by atoms with Gasteiger partial charge in [-0.15, -0.1) is 11.3 Å². The van der Waals surface area contributed by atoms with Crippen molar-refractivity contribution in [2.24, 2.45) is 5.92 Å². The van der Waals surface area contributed by atoms with E-state index >= 15 is 0 Å². The molecule has 2 heterocycles. The fourth-order valence-electron chi connectivity index (χ4n) is 2.73. The maximum Gasteiger partial charge on any atom is 0.201 e. The van der Waals surface area contributed by atoms with Crippen molar-refractivity contribution in [3.8, 4) is 5.75 Å². The molecule has 0 aliphatic carbocycles. The average molecular weight is 301 g/mol. The molecule has 0 aliphatic heterocycles. The third-order valence-corrected chi connectivity index (χ3v) is 4.61. The molecule has 5 heteroatoms. The van der Waals surface area contributed by atoms with E-state index in [1.165, 1.54) is 4.88 Å². The van der Waals surface area contributed by atoms with E-state index in [0.717, 1.165) is 16.8 Å². The smallest absolute Gasteiger partial charge is 0.201 e. The average Bonchev–Trinajstić information content (AvgIpc) is 3.07. The second-order valence-corrected chi connectivity index (χ2v) is 6.38. The minimum Gasteiger partial charge on any atom is -0.497 e. The number of hydrogen-bond donors (Lipinski definition) is 1. The van der Waals surface area contributed by atoms with Gasteiger partial charge in [0.2, 0.25) is 5.95 Å². The molecule has 3 rings (SSSR count). The standard InChI is InChI=1S/C16H19N3OS/c1-10(2)15(14-5-4-8-21-14)19-13-7-6-11(20-3)9-12(13)18-16(19)17/h4-10,15H,1-3H3,(H2,17,18). The second kappa shape index (κ2) is 5.41. The first-order valence-electron chi connectivity index (χ1n) is 6.96. The van der Waals surface area contributed by atoms with Gasteiger partial charge in [-0.2, -0.15) is 0 Å². The van der Waals surface area contributed by atoms with E-state index in [9.17, 15) is 0 Å². The molecule has 0 radical (unpaired) electrons. The Balaban J connectivity index is 2.20. The molecule has 0 bridgehead atoms. The lowest BCUT2D eigenvalue weighted by atomic mass is 10.0.